The molecule has 2 heterocycles. The molecule has 0 N–H and O–H groups in total. The number of methoxy groups -OCH3 is 1. The normalized spacial score (nSPS) is 22.9. The maximum absolute atomic E-state index is 11.9. The van der Waals surface area contributed by atoms with Crippen LogP contribution in [0.25, 0.3) is 0 Å². The highest BCUT2D eigenvalue weighted by Gasteiger charge is 2.33. The number of hydrogen-bond acceptors (Lipinski definition) is 5. The van der Waals surface area contributed by atoms with Crippen molar-refractivity contribution in [2.45, 2.75) is 31.5 Å². The average molecular weight is 302 g/mol. The van der Waals surface area contributed by atoms with E-state index in [9.17, 15) is 4.79 Å². The first-order chi connectivity index (χ1) is 10.7. The standard InChI is InChI=1S/C16H18N2O4/c1-20-10-14-9-18(16(19)22-14)12-4-5-15-11(7-12)8-13(21-15)3-2-6-17/h4-5,7,13-14H,2-3,8-10H2,1H3. The van der Waals surface area contributed by atoms with E-state index in [-0.39, 0.29) is 18.3 Å². The van der Waals surface area contributed by atoms with E-state index in [1.165, 1.54) is 0 Å². The van der Waals surface area contributed by atoms with Crippen molar-refractivity contribution in [3.63, 3.8) is 0 Å². The average Bonchev–Trinajstić information content (AvgIpc) is 3.07. The van der Waals surface area contributed by atoms with Crippen molar-refractivity contribution in [2.24, 2.45) is 0 Å². The molecule has 2 aliphatic rings. The third-order valence-electron chi connectivity index (χ3n) is 3.90. The molecule has 0 spiro atoms. The molecule has 1 aromatic carbocycles. The third kappa shape index (κ3) is 2.85. The van der Waals surface area contributed by atoms with Gasteiger partial charge in [0.15, 0.2) is 0 Å². The van der Waals surface area contributed by atoms with Crippen LogP contribution in [-0.2, 0) is 15.9 Å². The minimum absolute atomic E-state index is 0.0525. The van der Waals surface area contributed by atoms with Crippen LogP contribution in [-0.4, -0.2) is 38.6 Å². The molecule has 1 fully saturated rings. The molecule has 22 heavy (non-hydrogen) atoms. The molecule has 116 valence electrons. The smallest absolute Gasteiger partial charge is 0.414 e. The molecule has 1 saturated heterocycles. The number of ether oxygens (including phenoxy) is 3. The number of nitrogens with zero attached hydrogens (tertiary/aromatic N) is 2. The number of hydrogen-bond donors (Lipinski definition) is 0. The second-order valence-corrected chi connectivity index (χ2v) is 5.50. The molecule has 1 aromatic rings. The van der Waals surface area contributed by atoms with E-state index in [4.69, 9.17) is 19.5 Å². The molecular weight excluding hydrogens is 284 g/mol. The van der Waals surface area contributed by atoms with E-state index in [2.05, 4.69) is 6.07 Å². The van der Waals surface area contributed by atoms with Gasteiger partial charge in [0.1, 0.15) is 18.0 Å². The Kier molecular flexibility index (Phi) is 4.16. The lowest BCUT2D eigenvalue weighted by molar-refractivity contribution is 0.0718. The van der Waals surface area contributed by atoms with Crippen molar-refractivity contribution in [2.75, 3.05) is 25.2 Å². The Labute approximate surface area is 129 Å². The number of cyclic esters (lactones) is 1. The molecule has 6 nitrogen and oxygen atoms in total. The molecular formula is C16H18N2O4. The summed E-state index contributed by atoms with van der Waals surface area (Å²) in [5, 5.41) is 8.66. The molecule has 1 amide bonds. The van der Waals surface area contributed by atoms with Gasteiger partial charge in [-0.3, -0.25) is 4.90 Å². The van der Waals surface area contributed by atoms with E-state index in [0.29, 0.717) is 19.6 Å². The number of nitriles is 1. The first-order valence-electron chi connectivity index (χ1n) is 7.35. The van der Waals surface area contributed by atoms with Gasteiger partial charge >= 0.3 is 6.09 Å². The first kappa shape index (κ1) is 14.7. The number of rotatable bonds is 5. The van der Waals surface area contributed by atoms with Crippen LogP contribution in [0.3, 0.4) is 0 Å². The Morgan fingerprint density at radius 2 is 2.27 bits per heavy atom. The Bertz CT molecular complexity index is 611. The van der Waals surface area contributed by atoms with Crippen LogP contribution >= 0.6 is 0 Å². The van der Waals surface area contributed by atoms with E-state index in [1.807, 2.05) is 18.2 Å². The summed E-state index contributed by atoms with van der Waals surface area (Å²) in [6.07, 6.45) is 1.46. The summed E-state index contributed by atoms with van der Waals surface area (Å²) in [5.74, 6) is 0.840. The van der Waals surface area contributed by atoms with E-state index in [1.54, 1.807) is 12.0 Å². The zero-order valence-electron chi connectivity index (χ0n) is 12.4. The molecule has 2 unspecified atom stereocenters. The van der Waals surface area contributed by atoms with Crippen molar-refractivity contribution in [1.29, 1.82) is 5.26 Å². The molecule has 0 radical (unpaired) electrons. The minimum atomic E-state index is -0.345. The molecule has 3 rings (SSSR count). The van der Waals surface area contributed by atoms with Gasteiger partial charge in [-0.1, -0.05) is 0 Å². The predicted molar refractivity (Wildman–Crippen MR) is 78.9 cm³/mol. The summed E-state index contributed by atoms with van der Waals surface area (Å²) in [6, 6.07) is 7.86. The number of fused-ring (bicyclic) bond motifs is 1. The summed E-state index contributed by atoms with van der Waals surface area (Å²) in [5.41, 5.74) is 1.88. The summed E-state index contributed by atoms with van der Waals surface area (Å²) < 4.78 is 16.1. The minimum Gasteiger partial charge on any atom is -0.490 e. The highest BCUT2D eigenvalue weighted by atomic mass is 16.6. The third-order valence-corrected chi connectivity index (χ3v) is 3.90. The molecule has 0 bridgehead atoms. The molecule has 0 saturated carbocycles. The fourth-order valence-corrected chi connectivity index (χ4v) is 2.87. The van der Waals surface area contributed by atoms with Gasteiger partial charge in [0, 0.05) is 25.6 Å². The second-order valence-electron chi connectivity index (χ2n) is 5.50. The van der Waals surface area contributed by atoms with Crippen LogP contribution in [0.5, 0.6) is 5.75 Å². The van der Waals surface area contributed by atoms with Crippen LogP contribution in [0.2, 0.25) is 0 Å². The predicted octanol–water partition coefficient (Wildman–Crippen LogP) is 2.27. The second kappa shape index (κ2) is 6.24. The summed E-state index contributed by atoms with van der Waals surface area (Å²) >= 11 is 0. The van der Waals surface area contributed by atoms with Gasteiger partial charge in [-0.2, -0.15) is 5.26 Å². The fraction of sp³-hybridized carbons (Fsp3) is 0.500. The van der Waals surface area contributed by atoms with Crippen LogP contribution in [0.1, 0.15) is 18.4 Å². The number of carbonyl (C=O) groups excluding carboxylic acids is 1. The van der Waals surface area contributed by atoms with Crippen LogP contribution < -0.4 is 9.64 Å². The van der Waals surface area contributed by atoms with Gasteiger partial charge in [0.2, 0.25) is 0 Å². The lowest BCUT2D eigenvalue weighted by Crippen LogP contribution is -2.25. The van der Waals surface area contributed by atoms with Gasteiger partial charge in [-0.25, -0.2) is 4.79 Å². The fourth-order valence-electron chi connectivity index (χ4n) is 2.87. The lowest BCUT2D eigenvalue weighted by atomic mass is 10.1. The maximum atomic E-state index is 11.9. The van der Waals surface area contributed by atoms with E-state index >= 15 is 0 Å². The zero-order valence-corrected chi connectivity index (χ0v) is 12.4. The Hall–Kier alpha value is -2.26. The van der Waals surface area contributed by atoms with Gasteiger partial charge in [0.25, 0.3) is 0 Å². The van der Waals surface area contributed by atoms with Crippen molar-refractivity contribution in [3.05, 3.63) is 23.8 Å². The van der Waals surface area contributed by atoms with Gasteiger partial charge < -0.3 is 14.2 Å². The van der Waals surface area contributed by atoms with Crippen LogP contribution in [0, 0.1) is 11.3 Å². The maximum Gasteiger partial charge on any atom is 0.414 e. The largest absolute Gasteiger partial charge is 0.490 e. The topological polar surface area (TPSA) is 71.8 Å². The van der Waals surface area contributed by atoms with Gasteiger partial charge in [-0.05, 0) is 30.2 Å². The van der Waals surface area contributed by atoms with Crippen molar-refractivity contribution in [1.82, 2.24) is 0 Å². The highest BCUT2D eigenvalue weighted by Crippen LogP contribution is 2.34. The highest BCUT2D eigenvalue weighted by molar-refractivity contribution is 5.90. The van der Waals surface area contributed by atoms with Crippen molar-refractivity contribution < 1.29 is 19.0 Å². The van der Waals surface area contributed by atoms with Gasteiger partial charge in [-0.15, -0.1) is 0 Å². The SMILES string of the molecule is COCC1CN(c2ccc3c(c2)CC(CCC#N)O3)C(=O)O1. The molecule has 0 aromatic heterocycles. The number of amides is 1. The van der Waals surface area contributed by atoms with Crippen LogP contribution in [0.15, 0.2) is 18.2 Å². The summed E-state index contributed by atoms with van der Waals surface area (Å²) in [4.78, 5) is 13.6. The quantitative estimate of drug-likeness (QED) is 0.834. The molecule has 2 aliphatic heterocycles. The molecule has 0 aliphatic carbocycles. The van der Waals surface area contributed by atoms with Gasteiger partial charge in [0.05, 0.1) is 19.2 Å². The van der Waals surface area contributed by atoms with Crippen LogP contribution in [0.4, 0.5) is 10.5 Å². The molecule has 6 heteroatoms. The monoisotopic (exact) mass is 302 g/mol. The number of anilines is 1. The Balaban J connectivity index is 1.71. The summed E-state index contributed by atoms with van der Waals surface area (Å²) in [7, 11) is 1.59. The Morgan fingerprint density at radius 3 is 3.05 bits per heavy atom. The number of carbonyl (C=O) groups is 1. The molecule has 2 atom stereocenters. The summed E-state index contributed by atoms with van der Waals surface area (Å²) in [6.45, 7) is 0.886. The Morgan fingerprint density at radius 1 is 1.41 bits per heavy atom. The zero-order chi connectivity index (χ0) is 15.5. The van der Waals surface area contributed by atoms with Crippen molar-refractivity contribution >= 4 is 11.8 Å². The van der Waals surface area contributed by atoms with E-state index in [0.717, 1.165) is 29.8 Å². The van der Waals surface area contributed by atoms with Crippen molar-refractivity contribution in [3.8, 4) is 11.8 Å². The lowest BCUT2D eigenvalue weighted by Gasteiger charge is -2.13. The number of benzene rings is 1. The first-order valence-corrected chi connectivity index (χ1v) is 7.35. The van der Waals surface area contributed by atoms with E-state index < -0.39 is 0 Å².